The molecule has 9 heteroatoms. The van der Waals surface area contributed by atoms with E-state index in [-0.39, 0.29) is 28.0 Å². The molecule has 1 aromatic heterocycles. The third kappa shape index (κ3) is 2.98. The highest BCUT2D eigenvalue weighted by molar-refractivity contribution is 6.33. The van der Waals surface area contributed by atoms with Crippen LogP contribution in [0.3, 0.4) is 0 Å². The molecule has 0 spiro atoms. The van der Waals surface area contributed by atoms with Crippen molar-refractivity contribution in [3.8, 4) is 11.8 Å². The lowest BCUT2D eigenvalue weighted by molar-refractivity contribution is -0.385. The molecule has 0 aliphatic heterocycles. The van der Waals surface area contributed by atoms with Gasteiger partial charge in [-0.25, -0.2) is 4.79 Å². The van der Waals surface area contributed by atoms with E-state index in [0.717, 1.165) is 12.4 Å². The molecule has 20 heavy (non-hydrogen) atoms. The quantitative estimate of drug-likeness (QED) is 0.680. The maximum Gasteiger partial charge on any atom is 0.337 e. The van der Waals surface area contributed by atoms with Crippen LogP contribution in [-0.2, 0) is 0 Å². The van der Waals surface area contributed by atoms with Gasteiger partial charge in [0.2, 0.25) is 0 Å². The molecule has 0 aliphatic rings. The summed E-state index contributed by atoms with van der Waals surface area (Å²) < 4.78 is 5.19. The van der Waals surface area contributed by atoms with Crippen LogP contribution in [0.2, 0.25) is 5.02 Å². The Morgan fingerprint density at radius 1 is 1.35 bits per heavy atom. The first-order valence-corrected chi connectivity index (χ1v) is 5.52. The maximum absolute atomic E-state index is 10.9. The zero-order valence-electron chi connectivity index (χ0n) is 9.69. The first-order valence-electron chi connectivity index (χ1n) is 5.14. The molecule has 8 nitrogen and oxygen atoms in total. The molecule has 1 heterocycles. The normalized spacial score (nSPS) is 10.1. The highest BCUT2D eigenvalue weighted by atomic mass is 35.5. The number of aromatic carboxylic acids is 1. The van der Waals surface area contributed by atoms with Crippen molar-refractivity contribution in [2.75, 3.05) is 0 Å². The summed E-state index contributed by atoms with van der Waals surface area (Å²) in [4.78, 5) is 28.0. The van der Waals surface area contributed by atoms with Gasteiger partial charge in [-0.15, -0.1) is 0 Å². The highest BCUT2D eigenvalue weighted by Crippen LogP contribution is 2.25. The molecular weight excluding hydrogens is 290 g/mol. The molecule has 0 aliphatic carbocycles. The predicted octanol–water partition coefficient (Wildman–Crippen LogP) is 2.53. The van der Waals surface area contributed by atoms with E-state index in [9.17, 15) is 14.9 Å². The molecule has 0 unspecified atom stereocenters. The number of carbonyl (C=O) groups is 1. The number of nitrogens with zero attached hydrogens (tertiary/aromatic N) is 3. The lowest BCUT2D eigenvalue weighted by Gasteiger charge is -2.05. The standard InChI is InChI=1S/C11H6ClN3O5/c12-9-2-1-7(3-8(9)10(16)17)20-11-13-4-6(5-14-11)15(18)19/h1-5H,(H,16,17). The lowest BCUT2D eigenvalue weighted by atomic mass is 10.2. The van der Waals surface area contributed by atoms with E-state index in [4.69, 9.17) is 21.4 Å². The Morgan fingerprint density at radius 2 is 2.00 bits per heavy atom. The Hall–Kier alpha value is -2.74. The van der Waals surface area contributed by atoms with Gasteiger partial charge in [0.05, 0.1) is 15.5 Å². The van der Waals surface area contributed by atoms with Gasteiger partial charge in [0.15, 0.2) is 0 Å². The van der Waals surface area contributed by atoms with E-state index in [1.54, 1.807) is 0 Å². The van der Waals surface area contributed by atoms with Gasteiger partial charge >= 0.3 is 17.7 Å². The van der Waals surface area contributed by atoms with Crippen molar-refractivity contribution >= 4 is 23.3 Å². The smallest absolute Gasteiger partial charge is 0.337 e. The third-order valence-corrected chi connectivity index (χ3v) is 2.53. The van der Waals surface area contributed by atoms with Gasteiger partial charge in [0, 0.05) is 0 Å². The molecular formula is C11H6ClN3O5. The van der Waals surface area contributed by atoms with Crippen molar-refractivity contribution in [3.05, 3.63) is 51.3 Å². The molecule has 1 N–H and O–H groups in total. The predicted molar refractivity (Wildman–Crippen MR) is 67.2 cm³/mol. The van der Waals surface area contributed by atoms with E-state index >= 15 is 0 Å². The average Bonchev–Trinajstić information content (AvgIpc) is 2.41. The number of nitro groups is 1. The van der Waals surface area contributed by atoms with Crippen LogP contribution in [0.15, 0.2) is 30.6 Å². The van der Waals surface area contributed by atoms with Crippen LogP contribution in [-0.4, -0.2) is 26.0 Å². The first kappa shape index (κ1) is 13.7. The summed E-state index contributed by atoms with van der Waals surface area (Å²) >= 11 is 5.71. The summed E-state index contributed by atoms with van der Waals surface area (Å²) in [6.07, 6.45) is 1.96. The monoisotopic (exact) mass is 295 g/mol. The molecule has 2 aromatic rings. The van der Waals surface area contributed by atoms with Crippen LogP contribution in [0.4, 0.5) is 5.69 Å². The Labute approximate surface area is 116 Å². The average molecular weight is 296 g/mol. The number of hydrogen-bond donors (Lipinski definition) is 1. The SMILES string of the molecule is O=C(O)c1cc(Oc2ncc([N+](=O)[O-])cn2)ccc1Cl. The highest BCUT2D eigenvalue weighted by Gasteiger charge is 2.12. The van der Waals surface area contributed by atoms with Gasteiger partial charge in [0.1, 0.15) is 18.1 Å². The van der Waals surface area contributed by atoms with Gasteiger partial charge in [0.25, 0.3) is 0 Å². The Bertz CT molecular complexity index is 674. The topological polar surface area (TPSA) is 115 Å². The van der Waals surface area contributed by atoms with E-state index < -0.39 is 10.9 Å². The molecule has 102 valence electrons. The minimum Gasteiger partial charge on any atom is -0.478 e. The van der Waals surface area contributed by atoms with Gasteiger partial charge in [-0.3, -0.25) is 10.1 Å². The molecule has 0 fully saturated rings. The first-order chi connectivity index (χ1) is 9.47. The summed E-state index contributed by atoms with van der Waals surface area (Å²) in [5, 5.41) is 19.4. The molecule has 0 atom stereocenters. The lowest BCUT2D eigenvalue weighted by Crippen LogP contribution is -1.99. The number of carboxylic acids is 1. The van der Waals surface area contributed by atoms with Crippen LogP contribution >= 0.6 is 11.6 Å². The van der Waals surface area contributed by atoms with Crippen LogP contribution < -0.4 is 4.74 Å². The van der Waals surface area contributed by atoms with Crippen molar-refractivity contribution in [3.63, 3.8) is 0 Å². The van der Waals surface area contributed by atoms with E-state index in [2.05, 4.69) is 9.97 Å². The minimum atomic E-state index is -1.20. The molecule has 2 rings (SSSR count). The minimum absolute atomic E-state index is 0.0643. The number of benzene rings is 1. The van der Waals surface area contributed by atoms with Gasteiger partial charge < -0.3 is 9.84 Å². The summed E-state index contributed by atoms with van der Waals surface area (Å²) in [6, 6.07) is 3.84. The second-order valence-electron chi connectivity index (χ2n) is 3.53. The molecule has 0 radical (unpaired) electrons. The second kappa shape index (κ2) is 5.49. The fraction of sp³-hybridized carbons (Fsp3) is 0. The van der Waals surface area contributed by atoms with Crippen LogP contribution in [0.1, 0.15) is 10.4 Å². The molecule has 0 amide bonds. The van der Waals surface area contributed by atoms with Crippen molar-refractivity contribution in [1.29, 1.82) is 0 Å². The van der Waals surface area contributed by atoms with Crippen molar-refractivity contribution < 1.29 is 19.6 Å². The summed E-state index contributed by atoms with van der Waals surface area (Å²) in [7, 11) is 0. The number of aromatic nitrogens is 2. The van der Waals surface area contributed by atoms with Crippen LogP contribution in [0.5, 0.6) is 11.8 Å². The Kier molecular flexibility index (Phi) is 3.76. The maximum atomic E-state index is 10.9. The van der Waals surface area contributed by atoms with Crippen LogP contribution in [0.25, 0.3) is 0 Å². The van der Waals surface area contributed by atoms with E-state index in [0.29, 0.717) is 0 Å². The van der Waals surface area contributed by atoms with Gasteiger partial charge in [-0.05, 0) is 18.2 Å². The van der Waals surface area contributed by atoms with Crippen LogP contribution in [0, 0.1) is 10.1 Å². The largest absolute Gasteiger partial charge is 0.478 e. The third-order valence-electron chi connectivity index (χ3n) is 2.20. The van der Waals surface area contributed by atoms with E-state index in [1.165, 1.54) is 18.2 Å². The molecule has 0 saturated carbocycles. The zero-order chi connectivity index (χ0) is 14.7. The molecule has 1 aromatic carbocycles. The fourth-order valence-corrected chi connectivity index (χ4v) is 1.49. The zero-order valence-corrected chi connectivity index (χ0v) is 10.4. The fourth-order valence-electron chi connectivity index (χ4n) is 1.29. The second-order valence-corrected chi connectivity index (χ2v) is 3.94. The van der Waals surface area contributed by atoms with Crippen molar-refractivity contribution in [2.24, 2.45) is 0 Å². The summed E-state index contributed by atoms with van der Waals surface area (Å²) in [5.41, 5.74) is -0.411. The Morgan fingerprint density at radius 3 is 2.55 bits per heavy atom. The van der Waals surface area contributed by atoms with E-state index in [1.807, 2.05) is 0 Å². The van der Waals surface area contributed by atoms with Gasteiger partial charge in [-0.1, -0.05) is 11.6 Å². The molecule has 0 bridgehead atoms. The summed E-state index contributed by atoms with van der Waals surface area (Å²) in [6.45, 7) is 0. The Balaban J connectivity index is 2.23. The number of halogens is 1. The summed E-state index contributed by atoms with van der Waals surface area (Å²) in [5.74, 6) is -1.05. The number of rotatable bonds is 4. The van der Waals surface area contributed by atoms with Gasteiger partial charge in [-0.2, -0.15) is 9.97 Å². The molecule has 0 saturated heterocycles. The number of ether oxygens (including phenoxy) is 1. The number of carboxylic acid groups (broad SMARTS) is 1. The van der Waals surface area contributed by atoms with Crippen molar-refractivity contribution in [1.82, 2.24) is 9.97 Å². The number of hydrogen-bond acceptors (Lipinski definition) is 6. The van der Waals surface area contributed by atoms with Crippen molar-refractivity contribution in [2.45, 2.75) is 0 Å².